The van der Waals surface area contributed by atoms with E-state index in [-0.39, 0.29) is 24.4 Å². The van der Waals surface area contributed by atoms with E-state index in [1.165, 1.54) is 13.0 Å². The van der Waals surface area contributed by atoms with Crippen LogP contribution in [0.25, 0.3) is 0 Å². The number of rotatable bonds is 7. The fourth-order valence-electron chi connectivity index (χ4n) is 1.66. The number of carbonyl (C=O) groups excluding carboxylic acids is 2. The molecule has 0 unspecified atom stereocenters. The highest BCUT2D eigenvalue weighted by Gasteiger charge is 2.16. The molecule has 1 amide bonds. The predicted molar refractivity (Wildman–Crippen MR) is 78.6 cm³/mol. The van der Waals surface area contributed by atoms with E-state index in [0.717, 1.165) is 0 Å². The van der Waals surface area contributed by atoms with Gasteiger partial charge in [-0.05, 0) is 25.5 Å². The summed E-state index contributed by atoms with van der Waals surface area (Å²) in [5, 5.41) is 10.8. The summed E-state index contributed by atoms with van der Waals surface area (Å²) in [6.45, 7) is 1.40. The normalized spacial score (nSPS) is 10.7. The monoisotopic (exact) mass is 308 g/mol. The second-order valence-electron chi connectivity index (χ2n) is 4.54. The van der Waals surface area contributed by atoms with E-state index in [9.17, 15) is 18.0 Å². The largest absolute Gasteiger partial charge is 0.325 e. The summed E-state index contributed by atoms with van der Waals surface area (Å²) in [4.78, 5) is 22.9. The Hall–Kier alpha value is -2.20. The van der Waals surface area contributed by atoms with Crippen LogP contribution in [0.15, 0.2) is 24.3 Å². The number of ketones is 1. The maximum Gasteiger partial charge on any atom is 0.239 e. The van der Waals surface area contributed by atoms with Crippen molar-refractivity contribution >= 4 is 27.2 Å². The van der Waals surface area contributed by atoms with E-state index < -0.39 is 21.5 Å². The summed E-state index contributed by atoms with van der Waals surface area (Å²) in [6, 6.07) is 8.13. The molecule has 1 N–H and O–H groups in total. The summed E-state index contributed by atoms with van der Waals surface area (Å²) < 4.78 is 23.3. The number of sulfone groups is 1. The standard InChI is InChI=1S/C14H16N2O4S/c1-11(17)12-5-4-6-13(9-12)16-14(18)10-21(19,20)8-3-2-7-15/h4-6,9H,2-3,8,10H2,1H3,(H,16,18). The van der Waals surface area contributed by atoms with Gasteiger partial charge in [0.1, 0.15) is 5.75 Å². The average Bonchev–Trinajstić information content (AvgIpc) is 2.38. The average molecular weight is 308 g/mol. The second-order valence-corrected chi connectivity index (χ2v) is 6.72. The quantitative estimate of drug-likeness (QED) is 0.608. The molecule has 6 nitrogen and oxygen atoms in total. The van der Waals surface area contributed by atoms with Crippen LogP contribution in [0.5, 0.6) is 0 Å². The third-order valence-corrected chi connectivity index (χ3v) is 4.26. The number of unbranched alkanes of at least 4 members (excludes halogenated alkanes) is 1. The molecule has 1 rings (SSSR count). The minimum Gasteiger partial charge on any atom is -0.325 e. The van der Waals surface area contributed by atoms with Gasteiger partial charge in [0, 0.05) is 17.7 Å². The second kappa shape index (κ2) is 7.55. The predicted octanol–water partition coefficient (Wildman–Crippen LogP) is 1.55. The maximum atomic E-state index is 11.7. The number of hydrogen-bond donors (Lipinski definition) is 1. The molecular formula is C14H16N2O4S. The zero-order valence-electron chi connectivity index (χ0n) is 11.6. The Balaban J connectivity index is 2.63. The number of nitrogens with zero attached hydrogens (tertiary/aromatic N) is 1. The Morgan fingerprint density at radius 3 is 2.67 bits per heavy atom. The van der Waals surface area contributed by atoms with Gasteiger partial charge < -0.3 is 5.32 Å². The van der Waals surface area contributed by atoms with Crippen molar-refractivity contribution in [3.8, 4) is 6.07 Å². The molecule has 0 spiro atoms. The van der Waals surface area contributed by atoms with Crippen LogP contribution in [-0.2, 0) is 14.6 Å². The summed E-state index contributed by atoms with van der Waals surface area (Å²) in [5.41, 5.74) is 0.810. The Kier molecular flexibility index (Phi) is 6.06. The molecule has 0 aliphatic carbocycles. The van der Waals surface area contributed by atoms with Crippen LogP contribution < -0.4 is 5.32 Å². The molecule has 112 valence electrons. The van der Waals surface area contributed by atoms with Gasteiger partial charge >= 0.3 is 0 Å². The van der Waals surface area contributed by atoms with Gasteiger partial charge in [-0.25, -0.2) is 8.42 Å². The number of hydrogen-bond acceptors (Lipinski definition) is 5. The lowest BCUT2D eigenvalue weighted by molar-refractivity contribution is -0.113. The third kappa shape index (κ3) is 6.19. The van der Waals surface area contributed by atoms with Gasteiger partial charge in [-0.15, -0.1) is 0 Å². The van der Waals surface area contributed by atoms with E-state index in [2.05, 4.69) is 5.32 Å². The van der Waals surface area contributed by atoms with E-state index in [1.807, 2.05) is 6.07 Å². The van der Waals surface area contributed by atoms with Crippen LogP contribution in [0.1, 0.15) is 30.1 Å². The van der Waals surface area contributed by atoms with Crippen molar-refractivity contribution in [2.75, 3.05) is 16.8 Å². The van der Waals surface area contributed by atoms with Gasteiger partial charge in [0.25, 0.3) is 0 Å². The van der Waals surface area contributed by atoms with Crippen LogP contribution in [0.3, 0.4) is 0 Å². The fraction of sp³-hybridized carbons (Fsp3) is 0.357. The summed E-state index contributed by atoms with van der Waals surface area (Å²) in [5.74, 6) is -1.63. The van der Waals surface area contributed by atoms with Crippen molar-refractivity contribution in [1.29, 1.82) is 5.26 Å². The molecular weight excluding hydrogens is 292 g/mol. The molecule has 0 saturated heterocycles. The minimum absolute atomic E-state index is 0.140. The van der Waals surface area contributed by atoms with E-state index in [0.29, 0.717) is 11.3 Å². The summed E-state index contributed by atoms with van der Waals surface area (Å²) in [7, 11) is -3.53. The summed E-state index contributed by atoms with van der Waals surface area (Å²) >= 11 is 0. The smallest absolute Gasteiger partial charge is 0.239 e. The molecule has 0 fully saturated rings. The number of nitriles is 1. The molecule has 0 aliphatic heterocycles. The summed E-state index contributed by atoms with van der Waals surface area (Å²) in [6.07, 6.45) is 0.355. The first-order valence-corrected chi connectivity index (χ1v) is 8.14. The number of carbonyl (C=O) groups is 2. The van der Waals surface area contributed by atoms with E-state index >= 15 is 0 Å². The molecule has 0 bridgehead atoms. The number of benzene rings is 1. The number of anilines is 1. The molecule has 1 aromatic carbocycles. The van der Waals surface area contributed by atoms with Gasteiger partial charge in [0.15, 0.2) is 15.6 Å². The number of Topliss-reactive ketones (excluding diaryl/α,β-unsaturated/α-hetero) is 1. The van der Waals surface area contributed by atoms with Crippen molar-refractivity contribution < 1.29 is 18.0 Å². The highest BCUT2D eigenvalue weighted by molar-refractivity contribution is 7.92. The topological polar surface area (TPSA) is 104 Å². The first kappa shape index (κ1) is 16.9. The van der Waals surface area contributed by atoms with Gasteiger partial charge in [0.2, 0.25) is 5.91 Å². The Labute approximate surface area is 123 Å². The van der Waals surface area contributed by atoms with Gasteiger partial charge in [-0.1, -0.05) is 12.1 Å². The lowest BCUT2D eigenvalue weighted by Gasteiger charge is -2.07. The van der Waals surface area contributed by atoms with Crippen molar-refractivity contribution in [2.24, 2.45) is 0 Å². The van der Waals surface area contributed by atoms with E-state index in [4.69, 9.17) is 5.26 Å². The zero-order chi connectivity index (χ0) is 15.9. The van der Waals surface area contributed by atoms with Crippen molar-refractivity contribution in [3.63, 3.8) is 0 Å². The molecule has 0 aromatic heterocycles. The molecule has 1 aromatic rings. The van der Waals surface area contributed by atoms with Crippen LogP contribution in [0, 0.1) is 11.3 Å². The van der Waals surface area contributed by atoms with E-state index in [1.54, 1.807) is 18.2 Å². The fourth-order valence-corrected chi connectivity index (χ4v) is 2.86. The molecule has 0 heterocycles. The minimum atomic E-state index is -3.53. The molecule has 0 aliphatic rings. The van der Waals surface area contributed by atoms with Crippen molar-refractivity contribution in [3.05, 3.63) is 29.8 Å². The van der Waals surface area contributed by atoms with Crippen molar-refractivity contribution in [2.45, 2.75) is 19.8 Å². The van der Waals surface area contributed by atoms with Gasteiger partial charge in [-0.2, -0.15) is 5.26 Å². The number of amides is 1. The Bertz CT molecular complexity index is 674. The highest BCUT2D eigenvalue weighted by atomic mass is 32.2. The Morgan fingerprint density at radius 1 is 1.33 bits per heavy atom. The van der Waals surface area contributed by atoms with Crippen LogP contribution in [0.4, 0.5) is 5.69 Å². The van der Waals surface area contributed by atoms with Crippen molar-refractivity contribution in [1.82, 2.24) is 0 Å². The first-order chi connectivity index (χ1) is 9.84. The third-order valence-electron chi connectivity index (χ3n) is 2.65. The first-order valence-electron chi connectivity index (χ1n) is 6.32. The zero-order valence-corrected chi connectivity index (χ0v) is 12.4. The maximum absolute atomic E-state index is 11.7. The van der Waals surface area contributed by atoms with Crippen LogP contribution in [-0.4, -0.2) is 31.6 Å². The lowest BCUT2D eigenvalue weighted by atomic mass is 10.1. The highest BCUT2D eigenvalue weighted by Crippen LogP contribution is 2.11. The van der Waals surface area contributed by atoms with Crippen LogP contribution in [0.2, 0.25) is 0 Å². The van der Waals surface area contributed by atoms with Gasteiger partial charge in [0.05, 0.1) is 11.8 Å². The SMILES string of the molecule is CC(=O)c1cccc(NC(=O)CS(=O)(=O)CCCC#N)c1. The molecule has 21 heavy (non-hydrogen) atoms. The van der Waals surface area contributed by atoms with Crippen LogP contribution >= 0.6 is 0 Å². The molecule has 0 radical (unpaired) electrons. The van der Waals surface area contributed by atoms with Gasteiger partial charge in [-0.3, -0.25) is 9.59 Å². The molecule has 0 atom stereocenters. The molecule has 7 heteroatoms. The lowest BCUT2D eigenvalue weighted by Crippen LogP contribution is -2.24. The molecule has 0 saturated carbocycles. The Morgan fingerprint density at radius 2 is 2.05 bits per heavy atom. The number of nitrogens with one attached hydrogen (secondary N) is 1.